The third-order valence-electron chi connectivity index (χ3n) is 8.30. The molecule has 9 heteroatoms. The van der Waals surface area contributed by atoms with Gasteiger partial charge in [-0.25, -0.2) is 9.45 Å². The maximum atomic E-state index is 13.7. The van der Waals surface area contributed by atoms with Gasteiger partial charge in [-0.15, -0.1) is 0 Å². The lowest BCUT2D eigenvalue weighted by molar-refractivity contribution is -0.155. The minimum absolute atomic E-state index is 0.0845. The molecular formula is C28H41FN4O4. The Morgan fingerprint density at radius 3 is 2.57 bits per heavy atom. The van der Waals surface area contributed by atoms with E-state index in [-0.39, 0.29) is 30.2 Å². The number of hydroxylamine groups is 2. The van der Waals surface area contributed by atoms with E-state index in [0.717, 1.165) is 49.8 Å². The van der Waals surface area contributed by atoms with Crippen molar-refractivity contribution in [3.63, 3.8) is 0 Å². The SMILES string of the molecule is CC(C)(C)[C@H](NC(=O)[C@H](CC1CCCC1)CN(O)C=O)C(=O)N1CCC(N2Cc3ccc(F)cc3C2)C1. The molecule has 8 nitrogen and oxygen atoms in total. The zero-order chi connectivity index (χ0) is 26.7. The fourth-order valence-corrected chi connectivity index (χ4v) is 6.16. The van der Waals surface area contributed by atoms with E-state index in [2.05, 4.69) is 10.2 Å². The number of hydrogen-bond acceptors (Lipinski definition) is 5. The van der Waals surface area contributed by atoms with Crippen LogP contribution in [-0.4, -0.2) is 70.0 Å². The number of carbonyl (C=O) groups excluding carboxylic acids is 3. The van der Waals surface area contributed by atoms with Crippen LogP contribution in [0.4, 0.5) is 4.39 Å². The molecule has 3 aliphatic rings. The van der Waals surface area contributed by atoms with Crippen LogP contribution in [-0.2, 0) is 27.5 Å². The summed E-state index contributed by atoms with van der Waals surface area (Å²) in [5, 5.41) is 13.4. The van der Waals surface area contributed by atoms with E-state index in [4.69, 9.17) is 0 Å². The predicted molar refractivity (Wildman–Crippen MR) is 137 cm³/mol. The maximum absolute atomic E-state index is 13.7. The van der Waals surface area contributed by atoms with Gasteiger partial charge in [0.2, 0.25) is 18.2 Å². The monoisotopic (exact) mass is 516 g/mol. The zero-order valence-electron chi connectivity index (χ0n) is 22.3. The average Bonchev–Trinajstić information content (AvgIpc) is 3.61. The number of fused-ring (bicyclic) bond motifs is 1. The van der Waals surface area contributed by atoms with Crippen LogP contribution in [0.5, 0.6) is 0 Å². The first-order valence-electron chi connectivity index (χ1n) is 13.6. The number of rotatable bonds is 9. The molecule has 0 aromatic heterocycles. The lowest BCUT2D eigenvalue weighted by Crippen LogP contribution is -2.56. The summed E-state index contributed by atoms with van der Waals surface area (Å²) in [6.07, 6.45) is 6.08. The van der Waals surface area contributed by atoms with Crippen LogP contribution < -0.4 is 5.32 Å². The average molecular weight is 517 g/mol. The molecule has 1 aromatic carbocycles. The Balaban J connectivity index is 1.40. The number of benzene rings is 1. The molecule has 1 unspecified atom stereocenters. The standard InChI is InChI=1S/C28H41FN4O4/c1-28(2,3)25(30-26(35)22(16-33(37)18-34)12-19-6-4-5-7-19)27(36)31-11-10-24(17-31)32-14-20-8-9-23(29)13-21(20)15-32/h8-9,13,18-19,22,24-25,37H,4-7,10-12,14-17H2,1-3H3,(H,30,35)/t22-,24?,25-/m1/s1. The normalized spacial score (nSPS) is 22.1. The van der Waals surface area contributed by atoms with Crippen molar-refractivity contribution in [2.45, 2.75) is 84.5 Å². The first kappa shape index (κ1) is 27.5. The molecule has 204 valence electrons. The van der Waals surface area contributed by atoms with E-state index in [1.165, 1.54) is 6.07 Å². The maximum Gasteiger partial charge on any atom is 0.245 e. The van der Waals surface area contributed by atoms with Gasteiger partial charge in [-0.2, -0.15) is 0 Å². The molecule has 2 aliphatic heterocycles. The molecule has 2 heterocycles. The molecule has 1 saturated heterocycles. The highest BCUT2D eigenvalue weighted by atomic mass is 19.1. The third kappa shape index (κ3) is 6.68. The van der Waals surface area contributed by atoms with Crippen molar-refractivity contribution in [3.05, 3.63) is 35.1 Å². The number of halogens is 1. The fourth-order valence-electron chi connectivity index (χ4n) is 6.16. The van der Waals surface area contributed by atoms with Crippen LogP contribution in [0.1, 0.15) is 70.4 Å². The summed E-state index contributed by atoms with van der Waals surface area (Å²) < 4.78 is 13.7. The van der Waals surface area contributed by atoms with Crippen LogP contribution in [0.15, 0.2) is 18.2 Å². The van der Waals surface area contributed by atoms with Crippen LogP contribution in [0.25, 0.3) is 0 Å². The summed E-state index contributed by atoms with van der Waals surface area (Å²) in [6, 6.07) is 4.39. The van der Waals surface area contributed by atoms with E-state index >= 15 is 0 Å². The lowest BCUT2D eigenvalue weighted by atomic mass is 9.84. The van der Waals surface area contributed by atoms with Gasteiger partial charge in [0.25, 0.3) is 0 Å². The lowest BCUT2D eigenvalue weighted by Gasteiger charge is -2.35. The second-order valence-corrected chi connectivity index (χ2v) is 12.2. The Morgan fingerprint density at radius 1 is 1.19 bits per heavy atom. The van der Waals surface area contributed by atoms with E-state index in [0.29, 0.717) is 43.4 Å². The molecule has 0 radical (unpaired) electrons. The first-order valence-corrected chi connectivity index (χ1v) is 13.6. The Kier molecular flexibility index (Phi) is 8.53. The first-order chi connectivity index (χ1) is 17.5. The van der Waals surface area contributed by atoms with E-state index in [1.54, 1.807) is 6.07 Å². The molecule has 1 aliphatic carbocycles. The molecule has 1 aromatic rings. The molecule has 3 amide bonds. The van der Waals surface area contributed by atoms with Gasteiger partial charge in [-0.1, -0.05) is 52.5 Å². The summed E-state index contributed by atoms with van der Waals surface area (Å²) in [7, 11) is 0. The molecule has 0 spiro atoms. The number of nitrogens with zero attached hydrogens (tertiary/aromatic N) is 3. The quantitative estimate of drug-likeness (QED) is 0.298. The van der Waals surface area contributed by atoms with Crippen LogP contribution >= 0.6 is 0 Å². The van der Waals surface area contributed by atoms with Crippen LogP contribution in [0.2, 0.25) is 0 Å². The highest BCUT2D eigenvalue weighted by Crippen LogP contribution is 2.32. The number of amides is 3. The van der Waals surface area contributed by atoms with Crippen molar-refractivity contribution < 1.29 is 24.0 Å². The van der Waals surface area contributed by atoms with Crippen molar-refractivity contribution in [2.75, 3.05) is 19.6 Å². The predicted octanol–water partition coefficient (Wildman–Crippen LogP) is 3.32. The smallest absolute Gasteiger partial charge is 0.245 e. The van der Waals surface area contributed by atoms with E-state index in [1.807, 2.05) is 31.7 Å². The zero-order valence-corrected chi connectivity index (χ0v) is 22.3. The molecule has 2 N–H and O–H groups in total. The molecule has 2 fully saturated rings. The van der Waals surface area contributed by atoms with Crippen LogP contribution in [0, 0.1) is 23.1 Å². The second-order valence-electron chi connectivity index (χ2n) is 12.2. The fraction of sp³-hybridized carbons (Fsp3) is 0.679. The minimum Gasteiger partial charge on any atom is -0.344 e. The van der Waals surface area contributed by atoms with E-state index < -0.39 is 17.4 Å². The largest absolute Gasteiger partial charge is 0.344 e. The summed E-state index contributed by atoms with van der Waals surface area (Å²) >= 11 is 0. The summed E-state index contributed by atoms with van der Waals surface area (Å²) in [5.74, 6) is -0.824. The summed E-state index contributed by atoms with van der Waals surface area (Å²) in [6.45, 7) is 8.32. The van der Waals surface area contributed by atoms with Gasteiger partial charge in [0.15, 0.2) is 0 Å². The summed E-state index contributed by atoms with van der Waals surface area (Å²) in [4.78, 5) is 42.3. The van der Waals surface area contributed by atoms with Gasteiger partial charge in [0.05, 0.1) is 12.5 Å². The molecule has 1 saturated carbocycles. The van der Waals surface area contributed by atoms with Crippen molar-refractivity contribution in [1.29, 1.82) is 0 Å². The molecular weight excluding hydrogens is 475 g/mol. The topological polar surface area (TPSA) is 93.2 Å². The van der Waals surface area contributed by atoms with Gasteiger partial charge >= 0.3 is 0 Å². The molecule has 37 heavy (non-hydrogen) atoms. The van der Waals surface area contributed by atoms with Crippen molar-refractivity contribution in [1.82, 2.24) is 20.2 Å². The molecule has 4 rings (SSSR count). The number of nitrogens with one attached hydrogen (secondary N) is 1. The Morgan fingerprint density at radius 2 is 1.89 bits per heavy atom. The Labute approximate surface area is 219 Å². The van der Waals surface area contributed by atoms with Gasteiger partial charge in [0.1, 0.15) is 11.9 Å². The molecule has 0 bridgehead atoms. The number of carbonyl (C=O) groups is 3. The Hall–Kier alpha value is -2.52. The number of likely N-dealkylation sites (tertiary alicyclic amines) is 1. The Bertz CT molecular complexity index is 991. The highest BCUT2D eigenvalue weighted by Gasteiger charge is 2.41. The third-order valence-corrected chi connectivity index (χ3v) is 8.30. The van der Waals surface area contributed by atoms with Gasteiger partial charge in [-0.3, -0.25) is 24.5 Å². The van der Waals surface area contributed by atoms with Crippen LogP contribution in [0.3, 0.4) is 0 Å². The number of hydrogen-bond donors (Lipinski definition) is 2. The summed E-state index contributed by atoms with van der Waals surface area (Å²) in [5.41, 5.74) is 1.62. The van der Waals surface area contributed by atoms with Crippen molar-refractivity contribution in [2.24, 2.45) is 17.3 Å². The van der Waals surface area contributed by atoms with Gasteiger partial charge in [-0.05, 0) is 47.4 Å². The molecule has 3 atom stereocenters. The van der Waals surface area contributed by atoms with Gasteiger partial charge in [0, 0.05) is 32.2 Å². The van der Waals surface area contributed by atoms with Gasteiger partial charge < -0.3 is 10.2 Å². The second kappa shape index (κ2) is 11.5. The van der Waals surface area contributed by atoms with Crippen molar-refractivity contribution >= 4 is 18.2 Å². The minimum atomic E-state index is -0.724. The highest BCUT2D eigenvalue weighted by molar-refractivity contribution is 5.89. The van der Waals surface area contributed by atoms with Crippen molar-refractivity contribution in [3.8, 4) is 0 Å². The van der Waals surface area contributed by atoms with E-state index in [9.17, 15) is 24.0 Å².